The predicted octanol–water partition coefficient (Wildman–Crippen LogP) is 3.52. The summed E-state index contributed by atoms with van der Waals surface area (Å²) in [5.41, 5.74) is 7.07. The van der Waals surface area contributed by atoms with Gasteiger partial charge in [-0.3, -0.25) is 38.5 Å². The van der Waals surface area contributed by atoms with E-state index in [1.807, 2.05) is 0 Å². The molecule has 0 saturated carbocycles. The lowest BCUT2D eigenvalue weighted by molar-refractivity contribution is -0.170. The smallest absolute Gasteiger partial charge is 0.471 e. The molecule has 1 aliphatic rings. The molecule has 1 aromatic carbocycles. The number of nitrogens with two attached hydrogens (primary N) is 2. The molecule has 0 spiro atoms. The summed E-state index contributed by atoms with van der Waals surface area (Å²) in [5, 5.41) is 24.1. The second kappa shape index (κ2) is 26.2. The number of imidazole rings is 1. The Bertz CT molecular complexity index is 3420. The Labute approximate surface area is 459 Å². The maximum absolute atomic E-state index is 13.7. The van der Waals surface area contributed by atoms with Gasteiger partial charge in [0.2, 0.25) is 11.9 Å². The minimum absolute atomic E-state index is 0.0701. The number of hydrogen-bond acceptors (Lipinski definition) is 19. The third-order valence-electron chi connectivity index (χ3n) is 12.2. The molecular weight excluding hydrogens is 1130 g/mol. The number of nitrogens with one attached hydrogen (secondary N) is 4. The summed E-state index contributed by atoms with van der Waals surface area (Å²) < 4.78 is 88.3. The van der Waals surface area contributed by atoms with Crippen molar-refractivity contribution in [2.75, 3.05) is 65.6 Å². The predicted molar refractivity (Wildman–Crippen MR) is 281 cm³/mol. The van der Waals surface area contributed by atoms with E-state index in [9.17, 15) is 74.9 Å². The monoisotopic (exact) mass is 1180 g/mol. The number of aromatic amines is 2. The maximum Gasteiger partial charge on any atom is 0.471 e. The molecule has 5 aromatic heterocycles. The van der Waals surface area contributed by atoms with E-state index in [1.165, 1.54) is 17.2 Å². The third-order valence-corrected chi connectivity index (χ3v) is 14.5. The molecule has 0 unspecified atom stereocenters. The summed E-state index contributed by atoms with van der Waals surface area (Å²) >= 11 is 0. The first-order valence-corrected chi connectivity index (χ1v) is 26.7. The number of aromatic nitrogens is 8. The van der Waals surface area contributed by atoms with E-state index in [2.05, 4.69) is 50.4 Å². The molecule has 0 radical (unpaired) electrons. The Morgan fingerprint density at radius 2 is 1.56 bits per heavy atom. The molecule has 2 atom stereocenters. The largest absolute Gasteiger partial charge is 0.480 e. The van der Waals surface area contributed by atoms with Crippen LogP contribution in [0.3, 0.4) is 0 Å². The number of nitrogen functional groups attached to an aromatic ring is 2. The Balaban J connectivity index is 0.884. The van der Waals surface area contributed by atoms with Gasteiger partial charge in [0.15, 0.2) is 11.2 Å². The molecule has 1 aliphatic heterocycles. The molecule has 0 bridgehead atoms. The first kappa shape index (κ1) is 60.1. The van der Waals surface area contributed by atoms with E-state index in [1.54, 1.807) is 6.07 Å². The fraction of sp³-hybridized carbons (Fsp3) is 0.383. The van der Waals surface area contributed by atoms with Crippen LogP contribution in [0.5, 0.6) is 0 Å². The minimum Gasteiger partial charge on any atom is -0.480 e. The van der Waals surface area contributed by atoms with Gasteiger partial charge < -0.3 is 46.9 Å². The fourth-order valence-electron chi connectivity index (χ4n) is 8.12. The number of halogens is 6. The van der Waals surface area contributed by atoms with Gasteiger partial charge in [-0.05, 0) is 74.3 Å². The number of amides is 4. The zero-order valence-electron chi connectivity index (χ0n) is 42.1. The van der Waals surface area contributed by atoms with Crippen molar-refractivity contribution in [2.45, 2.75) is 69.6 Å². The van der Waals surface area contributed by atoms with Crippen molar-refractivity contribution in [3.63, 3.8) is 0 Å². The number of nitrogens with zero attached hydrogens (tertiary/aromatic N) is 9. The molecule has 6 heterocycles. The number of aliphatic carboxylic acids is 2. The van der Waals surface area contributed by atoms with Gasteiger partial charge >= 0.3 is 42.0 Å². The summed E-state index contributed by atoms with van der Waals surface area (Å²) in [7, 11) is 2.13. The molecule has 6 aromatic rings. The van der Waals surface area contributed by atoms with Gasteiger partial charge in [-0.15, -0.1) is 0 Å². The normalized spacial score (nSPS) is 13.8. The highest BCUT2D eigenvalue weighted by atomic mass is 33.1. The highest BCUT2D eigenvalue weighted by molar-refractivity contribution is 8.76. The number of carboxylic acids is 2. The second-order valence-electron chi connectivity index (χ2n) is 17.9. The van der Waals surface area contributed by atoms with Crippen LogP contribution in [-0.4, -0.2) is 153 Å². The Kier molecular flexibility index (Phi) is 19.4. The SMILES string of the molecule is Nc1nc2ncc(CN(C(=O)C(F)(F)F)c3ccc(C(=O)N[C@@H](CCC(=O)N[C@@H](CSSCCOC(=O)N(CCN4CCCCC4)c4ccc(Cn5c(=O)[nH]c6c(N)nc(C(F)(F)F)cc65)cn4)C(=O)O)C(=O)O)cc3)nc2c(=O)[nH]1. The van der Waals surface area contributed by atoms with Crippen LogP contribution < -0.4 is 43.1 Å². The van der Waals surface area contributed by atoms with Crippen LogP contribution in [0.1, 0.15) is 59.4 Å². The van der Waals surface area contributed by atoms with Crippen molar-refractivity contribution in [1.82, 2.24) is 55.0 Å². The number of anilines is 4. The molecule has 34 heteroatoms. The Hall–Kier alpha value is -8.53. The number of piperidine rings is 1. The highest BCUT2D eigenvalue weighted by Crippen LogP contribution is 2.32. The van der Waals surface area contributed by atoms with Crippen molar-refractivity contribution < 1.29 is 70.1 Å². The van der Waals surface area contributed by atoms with Crippen LogP contribution in [0.4, 0.5) is 54.4 Å². The average molecular weight is 1180 g/mol. The summed E-state index contributed by atoms with van der Waals surface area (Å²) in [4.78, 5) is 129. The van der Waals surface area contributed by atoms with Gasteiger partial charge in [0, 0.05) is 48.5 Å². The van der Waals surface area contributed by atoms with E-state index < -0.39 is 102 Å². The number of carbonyl (C=O) groups excluding carboxylic acids is 4. The van der Waals surface area contributed by atoms with Crippen molar-refractivity contribution >= 4 is 103 Å². The lowest BCUT2D eigenvalue weighted by Gasteiger charge is -2.29. The van der Waals surface area contributed by atoms with E-state index in [0.29, 0.717) is 18.2 Å². The number of carbonyl (C=O) groups is 6. The van der Waals surface area contributed by atoms with Crippen molar-refractivity contribution in [3.8, 4) is 0 Å². The van der Waals surface area contributed by atoms with E-state index in [4.69, 9.17) is 16.2 Å². The van der Waals surface area contributed by atoms with Crippen LogP contribution in [0.25, 0.3) is 22.2 Å². The van der Waals surface area contributed by atoms with Crippen molar-refractivity contribution in [1.29, 1.82) is 0 Å². The minimum atomic E-state index is -5.39. The van der Waals surface area contributed by atoms with Crippen LogP contribution in [0, 0.1) is 0 Å². The Morgan fingerprint density at radius 3 is 2.21 bits per heavy atom. The second-order valence-corrected chi connectivity index (χ2v) is 20.5. The van der Waals surface area contributed by atoms with Gasteiger partial charge in [-0.25, -0.2) is 39.1 Å². The average Bonchev–Trinajstić information content (AvgIpc) is 3.86. The Morgan fingerprint density at radius 1 is 0.840 bits per heavy atom. The number of hydrogen-bond donors (Lipinski definition) is 8. The zero-order chi connectivity index (χ0) is 58.8. The molecule has 1 fully saturated rings. The molecule has 26 nitrogen and oxygen atoms in total. The molecule has 10 N–H and O–H groups in total. The van der Waals surface area contributed by atoms with Gasteiger partial charge in [-0.2, -0.15) is 31.3 Å². The number of benzene rings is 1. The molecule has 432 valence electrons. The number of H-pyrrole nitrogens is 2. The zero-order valence-corrected chi connectivity index (χ0v) is 43.7. The summed E-state index contributed by atoms with van der Waals surface area (Å²) in [6, 6.07) is 4.52. The van der Waals surface area contributed by atoms with E-state index >= 15 is 0 Å². The molecular formula is C47H49F6N15O11S2. The maximum atomic E-state index is 13.7. The van der Waals surface area contributed by atoms with Crippen LogP contribution >= 0.6 is 21.6 Å². The summed E-state index contributed by atoms with van der Waals surface area (Å²) in [5.74, 6) is -7.93. The van der Waals surface area contributed by atoms with Crippen LogP contribution in [-0.2, 0) is 43.2 Å². The molecule has 4 amide bonds. The number of rotatable bonds is 23. The summed E-state index contributed by atoms with van der Waals surface area (Å²) in [6.45, 7) is 1.08. The van der Waals surface area contributed by atoms with E-state index in [-0.39, 0.29) is 87.0 Å². The van der Waals surface area contributed by atoms with Gasteiger partial charge in [0.05, 0.1) is 30.5 Å². The number of carboxylic acid groups (broad SMARTS) is 2. The third kappa shape index (κ3) is 15.9. The van der Waals surface area contributed by atoms with Gasteiger partial charge in [0.25, 0.3) is 11.5 Å². The first-order chi connectivity index (χ1) is 38.4. The highest BCUT2D eigenvalue weighted by Gasteiger charge is 2.43. The standard InChI is InChI=1S/C47H49F6N15O11S2/c48-46(49,50)31-18-30-34(36(54)61-31)62-44(77)68(30)21-24-4-10-32(56-19-24)66(15-14-65-12-2-1-3-13-65)45(78)79-16-17-80-81-23-29(41(74)75)59-33(69)11-9-28(40(72)73)60-38(70)25-5-7-27(8-6-25)67(42(76)47(51,52)53)22-26-20-57-37-35(58-26)39(71)64-43(55)63-37/h4-8,10,18-20,28-29H,1-3,9,11-17,21-23H2,(H2,54,61)(H,59,69)(H,60,70)(H,62,77)(H,72,73)(H,74,75)(H3,55,57,63,64,71)/t28-,29-/m0/s1. The molecule has 0 aliphatic carbocycles. The molecule has 1 saturated heterocycles. The van der Waals surface area contributed by atoms with Crippen molar-refractivity contribution in [3.05, 3.63) is 98.2 Å². The van der Waals surface area contributed by atoms with Crippen molar-refractivity contribution in [2.24, 2.45) is 0 Å². The molecule has 81 heavy (non-hydrogen) atoms. The number of alkyl halides is 6. The number of likely N-dealkylation sites (tertiary alicyclic amines) is 1. The molecule has 7 rings (SSSR count). The van der Waals surface area contributed by atoms with Crippen LogP contribution in [0.2, 0.25) is 0 Å². The fourth-order valence-corrected chi connectivity index (χ4v) is 10.1. The topological polar surface area (TPSA) is 373 Å². The quantitative estimate of drug-likeness (QED) is 0.0258. The lowest BCUT2D eigenvalue weighted by Crippen LogP contribution is -2.44. The van der Waals surface area contributed by atoms with E-state index in [0.717, 1.165) is 89.0 Å². The lowest BCUT2D eigenvalue weighted by atomic mass is 10.1. The number of fused-ring (bicyclic) bond motifs is 2. The summed E-state index contributed by atoms with van der Waals surface area (Å²) in [6.07, 6.45) is -6.71. The van der Waals surface area contributed by atoms with Gasteiger partial charge in [-0.1, -0.05) is 34.1 Å². The number of ether oxygens (including phenoxy) is 1. The first-order valence-electron chi connectivity index (χ1n) is 24.2. The van der Waals surface area contributed by atoms with Crippen LogP contribution in [0.15, 0.2) is 64.4 Å². The number of pyridine rings is 2. The van der Waals surface area contributed by atoms with Gasteiger partial charge in [0.1, 0.15) is 41.5 Å².